The number of esters is 1. The van der Waals surface area contributed by atoms with E-state index < -0.39 is 10.8 Å². The molecule has 0 atom stereocenters. The van der Waals surface area contributed by atoms with E-state index in [0.717, 1.165) is 12.3 Å². The third-order valence-corrected chi connectivity index (χ3v) is 3.02. The van der Waals surface area contributed by atoms with E-state index >= 15 is 0 Å². The van der Waals surface area contributed by atoms with Gasteiger partial charge in [0.2, 0.25) is 0 Å². The van der Waals surface area contributed by atoms with Crippen molar-refractivity contribution in [2.24, 2.45) is 0 Å². The van der Waals surface area contributed by atoms with Gasteiger partial charge < -0.3 is 9.64 Å². The smallest absolute Gasteiger partial charge is 0.305 e. The molecule has 0 saturated heterocycles. The first kappa shape index (κ1) is 16.8. The molecule has 8 nitrogen and oxygen atoms in total. The molecule has 1 aromatic heterocycles. The molecular weight excluding hydrogens is 302 g/mol. The van der Waals surface area contributed by atoms with Gasteiger partial charge in [0.25, 0.3) is 11.6 Å². The normalized spacial score (nSPS) is 10.0. The predicted molar refractivity (Wildman–Crippen MR) is 74.1 cm³/mol. The molecule has 1 heterocycles. The Balaban J connectivity index is 2.76. The van der Waals surface area contributed by atoms with Crippen LogP contribution in [-0.2, 0) is 9.53 Å². The molecule has 21 heavy (non-hydrogen) atoms. The topological polar surface area (TPSA) is 103 Å². The molecule has 0 N–H and O–H groups in total. The Kier molecular flexibility index (Phi) is 6.04. The highest BCUT2D eigenvalue weighted by Crippen LogP contribution is 2.20. The van der Waals surface area contributed by atoms with Gasteiger partial charge in [-0.1, -0.05) is 11.6 Å². The van der Waals surface area contributed by atoms with Crippen molar-refractivity contribution in [1.82, 2.24) is 9.88 Å². The van der Waals surface area contributed by atoms with Gasteiger partial charge in [-0.25, -0.2) is 4.98 Å². The van der Waals surface area contributed by atoms with Gasteiger partial charge in [0.15, 0.2) is 0 Å². The minimum atomic E-state index is -0.655. The Labute approximate surface area is 125 Å². The van der Waals surface area contributed by atoms with Crippen LogP contribution < -0.4 is 0 Å². The second kappa shape index (κ2) is 7.53. The van der Waals surface area contributed by atoms with Gasteiger partial charge in [-0.05, 0) is 6.42 Å². The summed E-state index contributed by atoms with van der Waals surface area (Å²) in [4.78, 5) is 38.1. The van der Waals surface area contributed by atoms with Crippen LogP contribution in [0.3, 0.4) is 0 Å². The molecule has 0 aliphatic carbocycles. The third kappa shape index (κ3) is 4.67. The largest absolute Gasteiger partial charge is 0.469 e. The monoisotopic (exact) mass is 315 g/mol. The summed E-state index contributed by atoms with van der Waals surface area (Å²) in [5.74, 6) is -0.869. The predicted octanol–water partition coefficient (Wildman–Crippen LogP) is 1.67. The van der Waals surface area contributed by atoms with Crippen LogP contribution in [0.15, 0.2) is 12.3 Å². The van der Waals surface area contributed by atoms with Crippen molar-refractivity contribution in [3.05, 3.63) is 33.1 Å². The summed E-state index contributed by atoms with van der Waals surface area (Å²) in [5.41, 5.74) is -0.364. The molecule has 0 saturated carbocycles. The first-order valence-corrected chi connectivity index (χ1v) is 6.36. The molecule has 0 bridgehead atoms. The van der Waals surface area contributed by atoms with Gasteiger partial charge in [-0.2, -0.15) is 0 Å². The lowest BCUT2D eigenvalue weighted by molar-refractivity contribution is -0.385. The zero-order valence-corrected chi connectivity index (χ0v) is 12.3. The number of rotatable bonds is 6. The zero-order chi connectivity index (χ0) is 16.0. The number of hydrogen-bond acceptors (Lipinski definition) is 6. The summed E-state index contributed by atoms with van der Waals surface area (Å²) in [6.07, 6.45) is 1.57. The molecule has 0 radical (unpaired) electrons. The molecule has 0 spiro atoms. The fourth-order valence-electron chi connectivity index (χ4n) is 1.56. The molecule has 9 heteroatoms. The van der Waals surface area contributed by atoms with Gasteiger partial charge >= 0.3 is 5.97 Å². The molecule has 1 rings (SSSR count). The van der Waals surface area contributed by atoms with E-state index in [9.17, 15) is 19.7 Å². The highest BCUT2D eigenvalue weighted by Gasteiger charge is 2.20. The summed E-state index contributed by atoms with van der Waals surface area (Å²) in [6, 6.07) is 1.08. The van der Waals surface area contributed by atoms with E-state index in [1.54, 1.807) is 0 Å². The van der Waals surface area contributed by atoms with E-state index in [1.165, 1.54) is 19.1 Å². The van der Waals surface area contributed by atoms with E-state index in [0.29, 0.717) is 6.42 Å². The van der Waals surface area contributed by atoms with Crippen LogP contribution in [0.25, 0.3) is 0 Å². The van der Waals surface area contributed by atoms with Crippen molar-refractivity contribution in [1.29, 1.82) is 0 Å². The molecule has 0 aliphatic rings. The number of pyridine rings is 1. The van der Waals surface area contributed by atoms with E-state index in [2.05, 4.69) is 9.72 Å². The Hall–Kier alpha value is -2.22. The Morgan fingerprint density at radius 1 is 1.52 bits per heavy atom. The first-order valence-electron chi connectivity index (χ1n) is 5.99. The average molecular weight is 316 g/mol. The van der Waals surface area contributed by atoms with E-state index in [-0.39, 0.29) is 35.3 Å². The zero-order valence-electron chi connectivity index (χ0n) is 11.5. The number of carbonyl (C=O) groups excluding carboxylic acids is 2. The second-order valence-corrected chi connectivity index (χ2v) is 4.55. The van der Waals surface area contributed by atoms with Gasteiger partial charge in [-0.15, -0.1) is 0 Å². The molecule has 0 unspecified atom stereocenters. The summed E-state index contributed by atoms with van der Waals surface area (Å²) < 4.78 is 4.49. The molecular formula is C12H14ClN3O5. The Bertz CT molecular complexity index is 564. The number of aromatic nitrogens is 1. The summed E-state index contributed by atoms with van der Waals surface area (Å²) in [7, 11) is 2.79. The van der Waals surface area contributed by atoms with Crippen molar-refractivity contribution < 1.29 is 19.2 Å². The highest BCUT2D eigenvalue weighted by molar-refractivity contribution is 6.32. The number of ether oxygens (including phenoxy) is 1. The van der Waals surface area contributed by atoms with Gasteiger partial charge in [0, 0.05) is 26.1 Å². The number of hydrogen-bond donors (Lipinski definition) is 0. The van der Waals surface area contributed by atoms with Crippen molar-refractivity contribution in [3.8, 4) is 0 Å². The molecule has 114 valence electrons. The van der Waals surface area contributed by atoms with Crippen molar-refractivity contribution in [2.75, 3.05) is 20.7 Å². The second-order valence-electron chi connectivity index (χ2n) is 4.20. The highest BCUT2D eigenvalue weighted by atomic mass is 35.5. The minimum Gasteiger partial charge on any atom is -0.469 e. The minimum absolute atomic E-state index is 0.0496. The maximum atomic E-state index is 12.1. The van der Waals surface area contributed by atoms with Crippen molar-refractivity contribution in [3.63, 3.8) is 0 Å². The van der Waals surface area contributed by atoms with Crippen LogP contribution in [0.1, 0.15) is 23.2 Å². The lowest BCUT2D eigenvalue weighted by Gasteiger charge is -2.17. The van der Waals surface area contributed by atoms with Gasteiger partial charge in [0.1, 0.15) is 11.3 Å². The Morgan fingerprint density at radius 3 is 2.76 bits per heavy atom. The molecule has 0 aromatic carbocycles. The van der Waals surface area contributed by atoms with Gasteiger partial charge in [-0.3, -0.25) is 19.7 Å². The lowest BCUT2D eigenvalue weighted by Crippen LogP contribution is -2.28. The quantitative estimate of drug-likeness (QED) is 0.342. The summed E-state index contributed by atoms with van der Waals surface area (Å²) >= 11 is 5.79. The fourth-order valence-corrected chi connectivity index (χ4v) is 1.74. The number of nitro groups is 1. The number of halogens is 1. The molecule has 0 fully saturated rings. The fraction of sp³-hybridized carbons (Fsp3) is 0.417. The first-order chi connectivity index (χ1) is 9.86. The number of nitrogens with zero attached hydrogens (tertiary/aromatic N) is 3. The number of carbonyl (C=O) groups is 2. The van der Waals surface area contributed by atoms with E-state index in [4.69, 9.17) is 11.6 Å². The van der Waals surface area contributed by atoms with Crippen molar-refractivity contribution >= 4 is 29.2 Å². The van der Waals surface area contributed by atoms with Crippen LogP contribution in [0.5, 0.6) is 0 Å². The maximum Gasteiger partial charge on any atom is 0.305 e. The molecule has 1 amide bonds. The third-order valence-electron chi connectivity index (χ3n) is 2.71. The van der Waals surface area contributed by atoms with Crippen LogP contribution >= 0.6 is 11.6 Å². The average Bonchev–Trinajstić information content (AvgIpc) is 2.46. The lowest BCUT2D eigenvalue weighted by atomic mass is 10.2. The van der Waals surface area contributed by atoms with E-state index in [1.807, 2.05) is 0 Å². The number of methoxy groups -OCH3 is 1. The molecule has 0 aliphatic heterocycles. The molecule has 1 aromatic rings. The van der Waals surface area contributed by atoms with Gasteiger partial charge in [0.05, 0.1) is 17.6 Å². The standard InChI is InChI=1S/C12H14ClN3O5/c1-15(5-3-4-10(17)21-2)12(18)9-6-8(16(19)20)7-14-11(9)13/h6-7H,3-5H2,1-2H3. The maximum absolute atomic E-state index is 12.1. The Morgan fingerprint density at radius 2 is 2.19 bits per heavy atom. The van der Waals surface area contributed by atoms with Crippen molar-refractivity contribution in [2.45, 2.75) is 12.8 Å². The SMILES string of the molecule is COC(=O)CCCN(C)C(=O)c1cc([N+](=O)[O-])cnc1Cl. The van der Waals surface area contributed by atoms with Crippen LogP contribution in [0, 0.1) is 10.1 Å². The van der Waals surface area contributed by atoms with Crippen LogP contribution in [0.2, 0.25) is 5.15 Å². The van der Waals surface area contributed by atoms with Crippen LogP contribution in [-0.4, -0.2) is 47.4 Å². The summed E-state index contributed by atoms with van der Waals surface area (Å²) in [5, 5.41) is 10.6. The van der Waals surface area contributed by atoms with Crippen LogP contribution in [0.4, 0.5) is 5.69 Å². The summed E-state index contributed by atoms with van der Waals surface area (Å²) in [6.45, 7) is 0.285. The number of amides is 1.